The lowest BCUT2D eigenvalue weighted by Crippen LogP contribution is -2.19. The van der Waals surface area contributed by atoms with Gasteiger partial charge >= 0.3 is 0 Å². The van der Waals surface area contributed by atoms with Crippen molar-refractivity contribution in [1.29, 1.82) is 0 Å². The van der Waals surface area contributed by atoms with Crippen molar-refractivity contribution in [3.63, 3.8) is 0 Å². The predicted octanol–water partition coefficient (Wildman–Crippen LogP) is 2.94. The third kappa shape index (κ3) is 2.38. The van der Waals surface area contributed by atoms with Crippen LogP contribution in [0.15, 0.2) is 36.7 Å². The van der Waals surface area contributed by atoms with Crippen LogP contribution < -0.4 is 0 Å². The van der Waals surface area contributed by atoms with Gasteiger partial charge in [-0.15, -0.1) is 0 Å². The zero-order chi connectivity index (χ0) is 13.2. The van der Waals surface area contributed by atoms with Crippen LogP contribution in [0.3, 0.4) is 0 Å². The van der Waals surface area contributed by atoms with Crippen LogP contribution in [-0.2, 0) is 6.42 Å². The van der Waals surface area contributed by atoms with Crippen LogP contribution in [0.2, 0.25) is 0 Å². The van der Waals surface area contributed by atoms with Crippen molar-refractivity contribution in [2.24, 2.45) is 0 Å². The van der Waals surface area contributed by atoms with E-state index in [4.69, 9.17) is 0 Å². The first kappa shape index (κ1) is 12.3. The largest absolute Gasteiger partial charge is 0.386 e. The van der Waals surface area contributed by atoms with E-state index < -0.39 is 6.10 Å². The van der Waals surface area contributed by atoms with E-state index in [1.807, 2.05) is 31.3 Å². The van der Waals surface area contributed by atoms with Crippen LogP contribution in [0, 0.1) is 6.92 Å². The maximum Gasteiger partial charge on any atom is 0.104 e. The average molecular weight is 254 g/mol. The molecule has 2 aromatic heterocycles. The molecular formula is C16H18N2O. The van der Waals surface area contributed by atoms with Crippen molar-refractivity contribution in [3.05, 3.63) is 59.2 Å². The lowest BCUT2D eigenvalue weighted by atomic mass is 9.82. The summed E-state index contributed by atoms with van der Waals surface area (Å²) >= 11 is 0. The number of aryl methyl sites for hydroxylation is 2. The second kappa shape index (κ2) is 5.10. The second-order valence-corrected chi connectivity index (χ2v) is 5.25. The van der Waals surface area contributed by atoms with Gasteiger partial charge < -0.3 is 5.11 Å². The maximum atomic E-state index is 10.6. The standard InChI is InChI=1S/C16H18N2O/c1-11-7-8-14(18-10-11)16(19)13-6-2-4-12-5-3-9-17-15(12)13/h3,5,7-10,13,16,19H,2,4,6H2,1H3. The molecule has 2 aromatic rings. The molecule has 3 rings (SSSR count). The van der Waals surface area contributed by atoms with E-state index in [1.54, 1.807) is 6.20 Å². The van der Waals surface area contributed by atoms with E-state index in [0.717, 1.165) is 36.2 Å². The summed E-state index contributed by atoms with van der Waals surface area (Å²) in [5, 5.41) is 10.6. The molecular weight excluding hydrogens is 236 g/mol. The molecule has 0 aromatic carbocycles. The van der Waals surface area contributed by atoms with Gasteiger partial charge in [0.2, 0.25) is 0 Å². The summed E-state index contributed by atoms with van der Waals surface area (Å²) in [5.74, 6) is 0.0696. The molecule has 0 amide bonds. The van der Waals surface area contributed by atoms with Gasteiger partial charge in [-0.1, -0.05) is 12.1 Å². The Morgan fingerprint density at radius 3 is 2.95 bits per heavy atom. The van der Waals surface area contributed by atoms with Crippen LogP contribution >= 0.6 is 0 Å². The Morgan fingerprint density at radius 1 is 1.26 bits per heavy atom. The third-order valence-corrected chi connectivity index (χ3v) is 3.86. The van der Waals surface area contributed by atoms with Gasteiger partial charge in [-0.2, -0.15) is 0 Å². The Hall–Kier alpha value is -1.74. The van der Waals surface area contributed by atoms with Crippen LogP contribution in [0.4, 0.5) is 0 Å². The summed E-state index contributed by atoms with van der Waals surface area (Å²) in [6, 6.07) is 7.99. The molecule has 0 saturated heterocycles. The van der Waals surface area contributed by atoms with Gasteiger partial charge in [-0.05, 0) is 49.4 Å². The summed E-state index contributed by atoms with van der Waals surface area (Å²) in [7, 11) is 0. The van der Waals surface area contributed by atoms with E-state index in [1.165, 1.54) is 5.56 Å². The van der Waals surface area contributed by atoms with Crippen molar-refractivity contribution in [2.45, 2.75) is 38.2 Å². The van der Waals surface area contributed by atoms with Crippen molar-refractivity contribution >= 4 is 0 Å². The molecule has 0 spiro atoms. The number of aliphatic hydroxyl groups is 1. The zero-order valence-electron chi connectivity index (χ0n) is 11.1. The minimum atomic E-state index is -0.561. The normalized spacial score (nSPS) is 19.8. The molecule has 1 N–H and O–H groups in total. The van der Waals surface area contributed by atoms with Crippen LogP contribution in [-0.4, -0.2) is 15.1 Å². The van der Waals surface area contributed by atoms with Gasteiger partial charge in [0, 0.05) is 24.0 Å². The minimum absolute atomic E-state index is 0.0696. The molecule has 2 heterocycles. The smallest absolute Gasteiger partial charge is 0.104 e. The fourth-order valence-corrected chi connectivity index (χ4v) is 2.81. The number of rotatable bonds is 2. The molecule has 2 unspecified atom stereocenters. The fourth-order valence-electron chi connectivity index (χ4n) is 2.81. The maximum absolute atomic E-state index is 10.6. The Morgan fingerprint density at radius 2 is 2.16 bits per heavy atom. The first-order valence-corrected chi connectivity index (χ1v) is 6.80. The monoisotopic (exact) mass is 254 g/mol. The molecule has 3 nitrogen and oxygen atoms in total. The Balaban J connectivity index is 1.92. The first-order valence-electron chi connectivity index (χ1n) is 6.80. The van der Waals surface area contributed by atoms with Crippen LogP contribution in [0.25, 0.3) is 0 Å². The molecule has 0 fully saturated rings. The van der Waals surface area contributed by atoms with Crippen molar-refractivity contribution in [2.75, 3.05) is 0 Å². The molecule has 1 aliphatic rings. The quantitative estimate of drug-likeness (QED) is 0.896. The summed E-state index contributed by atoms with van der Waals surface area (Å²) < 4.78 is 0. The summed E-state index contributed by atoms with van der Waals surface area (Å²) in [6.07, 6.45) is 6.20. The Kier molecular flexibility index (Phi) is 3.30. The van der Waals surface area contributed by atoms with Gasteiger partial charge in [-0.3, -0.25) is 9.97 Å². The molecule has 3 heteroatoms. The van der Waals surface area contributed by atoms with E-state index in [2.05, 4.69) is 16.0 Å². The molecule has 0 radical (unpaired) electrons. The van der Waals surface area contributed by atoms with Crippen molar-refractivity contribution in [3.8, 4) is 0 Å². The van der Waals surface area contributed by atoms with Gasteiger partial charge in [0.05, 0.1) is 5.69 Å². The molecule has 98 valence electrons. The minimum Gasteiger partial charge on any atom is -0.386 e. The lowest BCUT2D eigenvalue weighted by Gasteiger charge is -2.28. The highest BCUT2D eigenvalue weighted by molar-refractivity contribution is 5.29. The van der Waals surface area contributed by atoms with Crippen LogP contribution in [0.5, 0.6) is 0 Å². The van der Waals surface area contributed by atoms with Gasteiger partial charge in [-0.25, -0.2) is 0 Å². The van der Waals surface area contributed by atoms with E-state index >= 15 is 0 Å². The SMILES string of the molecule is Cc1ccc(C(O)C2CCCc3cccnc32)nc1. The lowest BCUT2D eigenvalue weighted by molar-refractivity contribution is 0.129. The highest BCUT2D eigenvalue weighted by atomic mass is 16.3. The van der Waals surface area contributed by atoms with E-state index in [-0.39, 0.29) is 5.92 Å². The van der Waals surface area contributed by atoms with E-state index in [0.29, 0.717) is 0 Å². The Bertz CT molecular complexity index is 565. The summed E-state index contributed by atoms with van der Waals surface area (Å²) in [4.78, 5) is 8.83. The second-order valence-electron chi connectivity index (χ2n) is 5.25. The molecule has 19 heavy (non-hydrogen) atoms. The van der Waals surface area contributed by atoms with Gasteiger partial charge in [0.25, 0.3) is 0 Å². The summed E-state index contributed by atoms with van der Waals surface area (Å²) in [5.41, 5.74) is 4.17. The molecule has 0 bridgehead atoms. The summed E-state index contributed by atoms with van der Waals surface area (Å²) in [6.45, 7) is 2.00. The fraction of sp³-hybridized carbons (Fsp3) is 0.375. The Labute approximate surface area is 113 Å². The van der Waals surface area contributed by atoms with Crippen molar-refractivity contribution in [1.82, 2.24) is 9.97 Å². The molecule has 1 aliphatic carbocycles. The first-order chi connectivity index (χ1) is 9.25. The van der Waals surface area contributed by atoms with E-state index in [9.17, 15) is 5.11 Å². The zero-order valence-corrected chi connectivity index (χ0v) is 11.1. The highest BCUT2D eigenvalue weighted by Crippen LogP contribution is 2.38. The number of hydrogen-bond acceptors (Lipinski definition) is 3. The molecule has 0 saturated carbocycles. The number of nitrogens with zero attached hydrogens (tertiary/aromatic N) is 2. The van der Waals surface area contributed by atoms with Gasteiger partial charge in [0.1, 0.15) is 6.10 Å². The molecule has 2 atom stereocenters. The van der Waals surface area contributed by atoms with Crippen molar-refractivity contribution < 1.29 is 5.11 Å². The number of aromatic nitrogens is 2. The average Bonchev–Trinajstić information content (AvgIpc) is 2.47. The number of pyridine rings is 2. The van der Waals surface area contributed by atoms with Gasteiger partial charge in [0.15, 0.2) is 0 Å². The predicted molar refractivity (Wildman–Crippen MR) is 73.8 cm³/mol. The number of fused-ring (bicyclic) bond motifs is 1. The molecule has 0 aliphatic heterocycles. The third-order valence-electron chi connectivity index (χ3n) is 3.86. The topological polar surface area (TPSA) is 46.0 Å². The number of aliphatic hydroxyl groups excluding tert-OH is 1. The number of hydrogen-bond donors (Lipinski definition) is 1. The highest BCUT2D eigenvalue weighted by Gasteiger charge is 2.29. The van der Waals surface area contributed by atoms with Crippen LogP contribution in [0.1, 0.15) is 47.4 Å².